The average Bonchev–Trinajstić information content (AvgIpc) is 3.46. The Kier molecular flexibility index (Phi) is 6.77. The minimum Gasteiger partial charge on any atom is -0.394 e. The van der Waals surface area contributed by atoms with Gasteiger partial charge in [-0.3, -0.25) is 14.2 Å². The summed E-state index contributed by atoms with van der Waals surface area (Å²) in [4.78, 5) is 31.4. The number of hydrogen-bond acceptors (Lipinski definition) is 10. The van der Waals surface area contributed by atoms with Crippen LogP contribution in [0.3, 0.4) is 0 Å². The summed E-state index contributed by atoms with van der Waals surface area (Å²) in [6.07, 6.45) is -2.76. The first-order chi connectivity index (χ1) is 14.3. The molecule has 2 aromatic heterocycles. The highest BCUT2D eigenvalue weighted by molar-refractivity contribution is 5.91. The van der Waals surface area contributed by atoms with Gasteiger partial charge in [-0.1, -0.05) is 0 Å². The number of nitrogens with two attached hydrogens (primary N) is 1. The standard InChI is InChI=1S/C18H24N4O8/c19-10(1-8-2-20-7-21-8)18(29)22-3-9(17-16(28)13(26)6-30-17)14(11(22)4-23)15(27)12(25)5-24/h2-4,7,10,12-13,15-17,24-28H,1,5-6,19H2,(H,20,21)/t10-,12?,13?,15?,16?,17?/m1/s1. The largest absolute Gasteiger partial charge is 0.394 e. The Balaban J connectivity index is 2.04. The van der Waals surface area contributed by atoms with Gasteiger partial charge in [0.05, 0.1) is 31.3 Å². The predicted molar refractivity (Wildman–Crippen MR) is 99.5 cm³/mol. The van der Waals surface area contributed by atoms with Crippen molar-refractivity contribution in [3.05, 3.63) is 41.2 Å². The van der Waals surface area contributed by atoms with E-state index in [0.29, 0.717) is 12.0 Å². The molecule has 0 aromatic carbocycles. The van der Waals surface area contributed by atoms with Crippen molar-refractivity contribution < 1.29 is 39.9 Å². The molecule has 30 heavy (non-hydrogen) atoms. The fraction of sp³-hybridized carbons (Fsp3) is 0.500. The lowest BCUT2D eigenvalue weighted by Gasteiger charge is -2.21. The highest BCUT2D eigenvalue weighted by atomic mass is 16.5. The van der Waals surface area contributed by atoms with Gasteiger partial charge in [-0.15, -0.1) is 0 Å². The summed E-state index contributed by atoms with van der Waals surface area (Å²) in [6, 6.07) is -1.09. The van der Waals surface area contributed by atoms with Gasteiger partial charge in [-0.25, -0.2) is 4.98 Å². The number of carbonyl (C=O) groups excluding carboxylic acids is 2. The number of ether oxygens (including phenoxy) is 1. The molecule has 0 spiro atoms. The van der Waals surface area contributed by atoms with Crippen molar-refractivity contribution >= 4 is 12.2 Å². The Bertz CT molecular complexity index is 883. The van der Waals surface area contributed by atoms with E-state index >= 15 is 0 Å². The highest BCUT2D eigenvalue weighted by Crippen LogP contribution is 2.37. The molecule has 0 amide bonds. The van der Waals surface area contributed by atoms with Crippen LogP contribution in [-0.4, -0.2) is 89.8 Å². The van der Waals surface area contributed by atoms with Crippen LogP contribution < -0.4 is 5.73 Å². The van der Waals surface area contributed by atoms with Crippen molar-refractivity contribution in [2.24, 2.45) is 5.73 Å². The van der Waals surface area contributed by atoms with Gasteiger partial charge in [0.1, 0.15) is 30.5 Å². The van der Waals surface area contributed by atoms with Crippen molar-refractivity contribution in [1.29, 1.82) is 0 Å². The van der Waals surface area contributed by atoms with Gasteiger partial charge < -0.3 is 41.0 Å². The summed E-state index contributed by atoms with van der Waals surface area (Å²) >= 11 is 0. The van der Waals surface area contributed by atoms with Gasteiger partial charge >= 0.3 is 0 Å². The second kappa shape index (κ2) is 9.14. The summed E-state index contributed by atoms with van der Waals surface area (Å²) < 4.78 is 6.28. The van der Waals surface area contributed by atoms with E-state index in [1.54, 1.807) is 0 Å². The molecule has 12 heteroatoms. The van der Waals surface area contributed by atoms with Crippen LogP contribution in [0.25, 0.3) is 0 Å². The summed E-state index contributed by atoms with van der Waals surface area (Å²) in [5.74, 6) is -0.696. The van der Waals surface area contributed by atoms with Crippen LogP contribution >= 0.6 is 0 Å². The predicted octanol–water partition coefficient (Wildman–Crippen LogP) is -2.59. The molecule has 2 aromatic rings. The van der Waals surface area contributed by atoms with E-state index in [4.69, 9.17) is 10.5 Å². The monoisotopic (exact) mass is 424 g/mol. The first-order valence-electron chi connectivity index (χ1n) is 9.22. The number of nitrogens with one attached hydrogen (secondary N) is 1. The van der Waals surface area contributed by atoms with E-state index < -0.39 is 49.1 Å². The zero-order valence-corrected chi connectivity index (χ0v) is 15.8. The maximum Gasteiger partial charge on any atom is 0.248 e. The Labute approximate surface area is 170 Å². The average molecular weight is 424 g/mol. The van der Waals surface area contributed by atoms with Crippen LogP contribution in [-0.2, 0) is 11.2 Å². The van der Waals surface area contributed by atoms with E-state index in [-0.39, 0.29) is 29.8 Å². The zero-order chi connectivity index (χ0) is 22.0. The molecule has 12 nitrogen and oxygen atoms in total. The van der Waals surface area contributed by atoms with Crippen molar-refractivity contribution in [1.82, 2.24) is 14.5 Å². The number of aliphatic hydroxyl groups is 5. The molecule has 1 aliphatic rings. The number of aldehydes is 1. The molecule has 0 bridgehead atoms. The Morgan fingerprint density at radius 1 is 1.43 bits per heavy atom. The molecule has 5 unspecified atom stereocenters. The second-order valence-electron chi connectivity index (χ2n) is 7.10. The van der Waals surface area contributed by atoms with Crippen molar-refractivity contribution in [3.63, 3.8) is 0 Å². The smallest absolute Gasteiger partial charge is 0.248 e. The lowest BCUT2D eigenvalue weighted by Crippen LogP contribution is -2.37. The van der Waals surface area contributed by atoms with Crippen molar-refractivity contribution in [2.75, 3.05) is 13.2 Å². The molecule has 1 saturated heterocycles. The zero-order valence-electron chi connectivity index (χ0n) is 15.8. The number of aliphatic hydroxyl groups excluding tert-OH is 5. The topological polar surface area (TPSA) is 204 Å². The molecule has 164 valence electrons. The first-order valence-corrected chi connectivity index (χ1v) is 9.22. The van der Waals surface area contributed by atoms with Gasteiger partial charge in [0.25, 0.3) is 0 Å². The number of hydrogen-bond donors (Lipinski definition) is 7. The fourth-order valence-electron chi connectivity index (χ4n) is 3.47. The molecular weight excluding hydrogens is 400 g/mol. The molecule has 8 N–H and O–H groups in total. The number of H-pyrrole nitrogens is 1. The molecule has 3 heterocycles. The van der Waals surface area contributed by atoms with E-state index in [1.807, 2.05) is 0 Å². The minimum atomic E-state index is -1.77. The van der Waals surface area contributed by atoms with E-state index in [2.05, 4.69) is 9.97 Å². The van der Waals surface area contributed by atoms with Crippen LogP contribution in [0.4, 0.5) is 0 Å². The third-order valence-electron chi connectivity index (χ3n) is 5.08. The normalized spacial score (nSPS) is 24.5. The number of rotatable bonds is 8. The second-order valence-corrected chi connectivity index (χ2v) is 7.10. The Morgan fingerprint density at radius 2 is 2.17 bits per heavy atom. The number of aromatic nitrogens is 3. The van der Waals surface area contributed by atoms with Gasteiger partial charge in [-0.05, 0) is 0 Å². The van der Waals surface area contributed by atoms with Crippen molar-refractivity contribution in [2.45, 2.75) is 43.0 Å². The van der Waals surface area contributed by atoms with Crippen LogP contribution in [0.15, 0.2) is 18.7 Å². The van der Waals surface area contributed by atoms with E-state index in [9.17, 15) is 35.1 Å². The molecule has 0 aliphatic carbocycles. The van der Waals surface area contributed by atoms with Crippen LogP contribution in [0.1, 0.15) is 44.3 Å². The number of carbonyl (C=O) groups is 2. The Hall–Kier alpha value is -2.45. The quantitative estimate of drug-likeness (QED) is 0.220. The molecule has 3 rings (SSSR count). The molecular formula is C18H24N4O8. The van der Waals surface area contributed by atoms with Crippen molar-refractivity contribution in [3.8, 4) is 0 Å². The van der Waals surface area contributed by atoms with Gasteiger partial charge in [0, 0.05) is 35.6 Å². The summed E-state index contributed by atoms with van der Waals surface area (Å²) in [7, 11) is 0. The lowest BCUT2D eigenvalue weighted by atomic mass is 9.95. The highest BCUT2D eigenvalue weighted by Gasteiger charge is 2.41. The number of imidazole rings is 1. The maximum atomic E-state index is 12.9. The van der Waals surface area contributed by atoms with Gasteiger partial charge in [0.2, 0.25) is 5.91 Å². The van der Waals surface area contributed by atoms with Gasteiger partial charge in [0.15, 0.2) is 6.29 Å². The van der Waals surface area contributed by atoms with Crippen LogP contribution in [0.2, 0.25) is 0 Å². The third-order valence-corrected chi connectivity index (χ3v) is 5.08. The van der Waals surface area contributed by atoms with E-state index in [0.717, 1.165) is 4.57 Å². The SMILES string of the molecule is N[C@H](Cc1cnc[nH]1)C(=O)n1cc(C2OCC(O)C2O)c(C(O)C(O)CO)c1C=O. The lowest BCUT2D eigenvalue weighted by molar-refractivity contribution is -0.0191. The summed E-state index contributed by atoms with van der Waals surface area (Å²) in [6.45, 7) is -1.03. The first kappa shape index (κ1) is 22.2. The fourth-order valence-corrected chi connectivity index (χ4v) is 3.47. The third kappa shape index (κ3) is 4.06. The summed E-state index contributed by atoms with van der Waals surface area (Å²) in [5.41, 5.74) is 6.07. The van der Waals surface area contributed by atoms with E-state index in [1.165, 1.54) is 18.7 Å². The Morgan fingerprint density at radius 3 is 2.70 bits per heavy atom. The number of nitrogens with zero attached hydrogens (tertiary/aromatic N) is 2. The summed E-state index contributed by atoms with van der Waals surface area (Å²) in [5, 5.41) is 49.6. The minimum absolute atomic E-state index is 0.0169. The molecule has 6 atom stereocenters. The van der Waals surface area contributed by atoms with Gasteiger partial charge in [-0.2, -0.15) is 0 Å². The van der Waals surface area contributed by atoms with Crippen LogP contribution in [0.5, 0.6) is 0 Å². The maximum absolute atomic E-state index is 12.9. The number of aromatic amines is 1. The molecule has 1 aliphatic heterocycles. The molecule has 0 saturated carbocycles. The molecule has 1 fully saturated rings. The molecule has 0 radical (unpaired) electrons. The van der Waals surface area contributed by atoms with Crippen LogP contribution in [0, 0.1) is 0 Å².